The van der Waals surface area contributed by atoms with Crippen LogP contribution in [0.3, 0.4) is 0 Å². The number of aromatic nitrogens is 2. The van der Waals surface area contributed by atoms with Gasteiger partial charge in [-0.25, -0.2) is 9.58 Å². The Balaban J connectivity index is 0.00000422. The van der Waals surface area contributed by atoms with Gasteiger partial charge in [0, 0.05) is 68.0 Å². The number of aryl methyl sites for hydroxylation is 1. The van der Waals surface area contributed by atoms with E-state index >= 15 is 0 Å². The molecule has 10 rings (SSSR count). The van der Waals surface area contributed by atoms with Gasteiger partial charge in [-0.2, -0.15) is 16.7 Å². The number of pyridine rings is 1. The number of ether oxygens (including phenoxy) is 1. The molecule has 0 radical (unpaired) electrons. The molecule has 6 aromatic carbocycles. The van der Waals surface area contributed by atoms with Gasteiger partial charge in [-0.05, 0) is 63.6 Å². The fraction of sp³-hybridized carbons (Fsp3) is 0.176. The zero-order valence-corrected chi connectivity index (χ0v) is 35.6. The molecule has 2 atom stereocenters. The van der Waals surface area contributed by atoms with Crippen LogP contribution >= 0.6 is 0 Å². The molecule has 57 heavy (non-hydrogen) atoms. The van der Waals surface area contributed by atoms with Crippen LogP contribution in [0.15, 0.2) is 140 Å². The van der Waals surface area contributed by atoms with Crippen molar-refractivity contribution in [1.82, 2.24) is 18.7 Å². The molecule has 286 valence electrons. The predicted octanol–water partition coefficient (Wildman–Crippen LogP) is 13.5. The third-order valence-corrected chi connectivity index (χ3v) is 11.8. The van der Waals surface area contributed by atoms with Gasteiger partial charge in [0.05, 0.1) is 5.69 Å². The van der Waals surface area contributed by atoms with Crippen LogP contribution in [0, 0.1) is 25.7 Å². The largest absolute Gasteiger partial charge is 0.509 e. The molecule has 2 aliphatic rings. The third kappa shape index (κ3) is 5.58. The summed E-state index contributed by atoms with van der Waals surface area (Å²) in [6, 6.07) is 55.2. The minimum Gasteiger partial charge on any atom is -0.509 e. The Morgan fingerprint density at radius 1 is 0.614 bits per heavy atom. The van der Waals surface area contributed by atoms with Crippen molar-refractivity contribution in [1.29, 1.82) is 0 Å². The van der Waals surface area contributed by atoms with Gasteiger partial charge in [-0.1, -0.05) is 120 Å². The van der Waals surface area contributed by atoms with Crippen LogP contribution in [0.25, 0.3) is 38.8 Å². The molecule has 2 aliphatic heterocycles. The van der Waals surface area contributed by atoms with Gasteiger partial charge in [0.1, 0.15) is 5.82 Å². The van der Waals surface area contributed by atoms with E-state index in [9.17, 15) is 0 Å². The van der Waals surface area contributed by atoms with Crippen LogP contribution in [-0.2, 0) is 31.9 Å². The fourth-order valence-corrected chi connectivity index (χ4v) is 8.84. The summed E-state index contributed by atoms with van der Waals surface area (Å²) >= 11 is 0. The number of nitrogens with zero attached hydrogens (tertiary/aromatic N) is 4. The first-order chi connectivity index (χ1) is 26.9. The van der Waals surface area contributed by atoms with Crippen LogP contribution in [0.5, 0.6) is 11.5 Å². The monoisotopic (exact) mass is 924 g/mol. The Hall–Kier alpha value is -5.32. The summed E-state index contributed by atoms with van der Waals surface area (Å²) in [4.78, 5) is 4.85. The number of fused-ring (bicyclic) bond motifs is 7. The first-order valence-electron chi connectivity index (χ1n) is 19.5. The Bertz CT molecular complexity index is 2860. The van der Waals surface area contributed by atoms with E-state index in [1.807, 2.05) is 18.3 Å². The quantitative estimate of drug-likeness (QED) is 0.0944. The molecule has 2 aromatic heterocycles. The number of quaternary nitrogens is 2. The minimum atomic E-state index is -0.0118. The SMILES string of the molecule is Cc1cccc([N@+]23[CH-][N+]2(c2[c-]c(Oc4[c-]c5c(cc4)c4ccccc4n5-c4cc(C(C)(C)C)ccn4)ccc2)c2ccccc23)c1-c1ccc(C(C)(C)C)cc1.[Pt]. The van der Waals surface area contributed by atoms with Crippen molar-refractivity contribution in [2.45, 2.75) is 59.3 Å². The second kappa shape index (κ2) is 13.1. The summed E-state index contributed by atoms with van der Waals surface area (Å²) in [5.74, 6) is 2.14. The van der Waals surface area contributed by atoms with Crippen molar-refractivity contribution in [2.24, 2.45) is 0 Å². The number of hydrogen-bond acceptors (Lipinski definition) is 2. The summed E-state index contributed by atoms with van der Waals surface area (Å²) in [6.07, 6.45) is 1.91. The molecule has 0 N–H and O–H groups in total. The van der Waals surface area contributed by atoms with Gasteiger partial charge < -0.3 is 9.30 Å². The maximum Gasteiger partial charge on any atom is 0.225 e. The van der Waals surface area contributed by atoms with E-state index in [-0.39, 0.29) is 31.9 Å². The van der Waals surface area contributed by atoms with Crippen molar-refractivity contribution >= 4 is 44.6 Å². The van der Waals surface area contributed by atoms with E-state index in [2.05, 4.69) is 193 Å². The molecule has 5 nitrogen and oxygen atoms in total. The molecule has 6 heteroatoms. The van der Waals surface area contributed by atoms with Crippen molar-refractivity contribution in [3.8, 4) is 28.4 Å². The molecule has 4 heterocycles. The maximum atomic E-state index is 6.68. The zero-order chi connectivity index (χ0) is 38.6. The maximum absolute atomic E-state index is 6.68. The van der Waals surface area contributed by atoms with E-state index in [4.69, 9.17) is 9.72 Å². The molecular formula is C51H45N4OPt-. The van der Waals surface area contributed by atoms with Crippen molar-refractivity contribution in [3.63, 3.8) is 0 Å². The summed E-state index contributed by atoms with van der Waals surface area (Å²) in [5, 5.41) is 2.26. The Labute approximate surface area is 350 Å². The van der Waals surface area contributed by atoms with Crippen LogP contribution in [0.2, 0.25) is 0 Å². The Kier molecular flexibility index (Phi) is 8.57. The molecule has 0 amide bonds. The van der Waals surface area contributed by atoms with E-state index in [0.29, 0.717) is 20.7 Å². The predicted molar refractivity (Wildman–Crippen MR) is 230 cm³/mol. The van der Waals surface area contributed by atoms with Crippen molar-refractivity contribution in [2.75, 3.05) is 0 Å². The molecule has 0 bridgehead atoms. The average Bonchev–Trinajstić information content (AvgIpc) is 3.67. The number of para-hydroxylation sites is 3. The first-order valence-corrected chi connectivity index (χ1v) is 19.5. The van der Waals surface area contributed by atoms with Gasteiger partial charge in [-0.3, -0.25) is 0 Å². The number of benzene rings is 6. The topological polar surface area (TPSA) is 27.1 Å². The van der Waals surface area contributed by atoms with E-state index in [0.717, 1.165) is 33.3 Å². The second-order valence-corrected chi connectivity index (χ2v) is 17.4. The summed E-state index contributed by atoms with van der Waals surface area (Å²) in [5.41, 5.74) is 13.2. The van der Waals surface area contributed by atoms with Crippen molar-refractivity contribution in [3.05, 3.63) is 175 Å². The number of hydrogen-bond donors (Lipinski definition) is 0. The minimum absolute atomic E-state index is 0. The summed E-state index contributed by atoms with van der Waals surface area (Å²) in [6.45, 7) is 18.1. The smallest absolute Gasteiger partial charge is 0.225 e. The van der Waals surface area contributed by atoms with Crippen LogP contribution in [-0.4, -0.2) is 9.55 Å². The fourth-order valence-electron chi connectivity index (χ4n) is 8.84. The second-order valence-electron chi connectivity index (χ2n) is 17.4. The standard InChI is InChI=1S/C51H45N4O.Pt/c1-34-14-12-21-47(49(34)35-22-24-36(25-23-35)50(2,3)4)55-33-54(55,45-19-10-11-20-46(45)55)38-15-13-16-39(31-38)56-40-26-27-42-41-17-8-9-18-43(41)53(44(42)32-40)48-30-37(28-29-52-48)51(5,6)7;/h8-30,33H,1-7H3;/q-1;/t54?,55-;/m1./s1. The molecule has 1 saturated heterocycles. The van der Waals surface area contributed by atoms with Crippen LogP contribution in [0.1, 0.15) is 58.2 Å². The number of rotatable bonds is 6. The van der Waals surface area contributed by atoms with Crippen LogP contribution < -0.4 is 13.9 Å². The molecule has 0 aliphatic carbocycles. The molecule has 0 saturated carbocycles. The van der Waals surface area contributed by atoms with Gasteiger partial charge in [0.25, 0.3) is 0 Å². The zero-order valence-electron chi connectivity index (χ0n) is 33.4. The molecule has 1 unspecified atom stereocenters. The van der Waals surface area contributed by atoms with Gasteiger partial charge in [0.2, 0.25) is 11.4 Å². The third-order valence-electron chi connectivity index (χ3n) is 11.8. The van der Waals surface area contributed by atoms with Crippen LogP contribution in [0.4, 0.5) is 22.7 Å². The average molecular weight is 925 g/mol. The van der Waals surface area contributed by atoms with Crippen molar-refractivity contribution < 1.29 is 25.8 Å². The summed E-state index contributed by atoms with van der Waals surface area (Å²) in [7, 11) is 0. The Morgan fingerprint density at radius 3 is 2.04 bits per heavy atom. The van der Waals surface area contributed by atoms with E-state index in [1.165, 1.54) is 44.9 Å². The van der Waals surface area contributed by atoms with E-state index < -0.39 is 0 Å². The van der Waals surface area contributed by atoms with Gasteiger partial charge in [-0.15, -0.1) is 29.7 Å². The summed E-state index contributed by atoms with van der Waals surface area (Å²) < 4.78 is 10.0. The molecule has 1 fully saturated rings. The molecule has 0 spiro atoms. The Morgan fingerprint density at radius 2 is 1.28 bits per heavy atom. The first kappa shape index (κ1) is 37.3. The van der Waals surface area contributed by atoms with Gasteiger partial charge in [0.15, 0.2) is 12.4 Å². The van der Waals surface area contributed by atoms with Gasteiger partial charge >= 0.3 is 0 Å². The van der Waals surface area contributed by atoms with E-state index in [1.54, 1.807) is 0 Å². The molecular weight excluding hydrogens is 880 g/mol. The normalized spacial score (nSPS) is 18.4. The molecule has 8 aromatic rings.